The van der Waals surface area contributed by atoms with Crippen LogP contribution in [0.1, 0.15) is 38.2 Å². The number of ether oxygens (including phenoxy) is 1. The van der Waals surface area contributed by atoms with Gasteiger partial charge in [-0.15, -0.1) is 0 Å². The molecule has 3 N–H and O–H groups in total. The molecule has 4 nitrogen and oxygen atoms in total. The topological polar surface area (TPSA) is 64.3 Å². The number of carbonyl (C=O) groups excluding carboxylic acids is 1. The van der Waals surface area contributed by atoms with E-state index in [9.17, 15) is 4.79 Å². The summed E-state index contributed by atoms with van der Waals surface area (Å²) in [5, 5.41) is 3.06. The predicted molar refractivity (Wildman–Crippen MR) is 74.8 cm³/mol. The van der Waals surface area contributed by atoms with Gasteiger partial charge in [0.15, 0.2) is 6.61 Å². The van der Waals surface area contributed by atoms with Crippen molar-refractivity contribution in [1.29, 1.82) is 0 Å². The maximum atomic E-state index is 11.8. The minimum absolute atomic E-state index is 0.0378. The van der Waals surface area contributed by atoms with Gasteiger partial charge in [-0.3, -0.25) is 4.79 Å². The first kappa shape index (κ1) is 13.9. The molecule has 0 unspecified atom stereocenters. The molecule has 2 rings (SSSR count). The summed E-state index contributed by atoms with van der Waals surface area (Å²) < 4.78 is 5.47. The SMILES string of the molecule is CC1(NC(=O)COc2ccc(CN)cc2)CCCC1. The van der Waals surface area contributed by atoms with E-state index in [0.29, 0.717) is 12.3 Å². The number of nitrogens with one attached hydrogen (secondary N) is 1. The number of hydrogen-bond donors (Lipinski definition) is 2. The summed E-state index contributed by atoms with van der Waals surface area (Å²) in [5.41, 5.74) is 6.54. The molecule has 1 aliphatic rings. The van der Waals surface area contributed by atoms with Gasteiger partial charge < -0.3 is 15.8 Å². The summed E-state index contributed by atoms with van der Waals surface area (Å²) in [7, 11) is 0. The predicted octanol–water partition coefficient (Wildman–Crippen LogP) is 1.97. The average Bonchev–Trinajstić information content (AvgIpc) is 2.83. The molecule has 0 saturated heterocycles. The zero-order chi connectivity index (χ0) is 13.7. The molecule has 1 saturated carbocycles. The molecule has 4 heteroatoms. The van der Waals surface area contributed by atoms with Crippen LogP contribution in [0.4, 0.5) is 0 Å². The summed E-state index contributed by atoms with van der Waals surface area (Å²) >= 11 is 0. The van der Waals surface area contributed by atoms with E-state index < -0.39 is 0 Å². The van der Waals surface area contributed by atoms with E-state index in [-0.39, 0.29) is 18.1 Å². The Labute approximate surface area is 114 Å². The van der Waals surface area contributed by atoms with Gasteiger partial charge >= 0.3 is 0 Å². The lowest BCUT2D eigenvalue weighted by molar-refractivity contribution is -0.124. The lowest BCUT2D eigenvalue weighted by Crippen LogP contribution is -2.45. The van der Waals surface area contributed by atoms with E-state index in [1.807, 2.05) is 24.3 Å². The van der Waals surface area contributed by atoms with Crippen molar-refractivity contribution >= 4 is 5.91 Å². The van der Waals surface area contributed by atoms with E-state index in [2.05, 4.69) is 12.2 Å². The first-order valence-corrected chi connectivity index (χ1v) is 6.84. The van der Waals surface area contributed by atoms with Crippen LogP contribution in [0.15, 0.2) is 24.3 Å². The maximum absolute atomic E-state index is 11.8. The Morgan fingerprint density at radius 1 is 1.32 bits per heavy atom. The normalized spacial score (nSPS) is 17.2. The van der Waals surface area contributed by atoms with Gasteiger partial charge in [-0.25, -0.2) is 0 Å². The molecule has 0 heterocycles. The fourth-order valence-corrected chi connectivity index (χ4v) is 2.52. The summed E-state index contributed by atoms with van der Waals surface area (Å²) in [6, 6.07) is 7.50. The van der Waals surface area contributed by atoms with Gasteiger partial charge in [-0.1, -0.05) is 25.0 Å². The molecule has 1 amide bonds. The Morgan fingerprint density at radius 3 is 2.53 bits per heavy atom. The van der Waals surface area contributed by atoms with Crippen molar-refractivity contribution in [3.8, 4) is 5.75 Å². The van der Waals surface area contributed by atoms with Crippen molar-refractivity contribution in [2.24, 2.45) is 5.73 Å². The van der Waals surface area contributed by atoms with Crippen LogP contribution in [0.25, 0.3) is 0 Å². The highest BCUT2D eigenvalue weighted by atomic mass is 16.5. The molecule has 1 aliphatic carbocycles. The van der Waals surface area contributed by atoms with Crippen molar-refractivity contribution < 1.29 is 9.53 Å². The Morgan fingerprint density at radius 2 is 1.95 bits per heavy atom. The molecule has 1 aromatic rings. The molecular formula is C15H22N2O2. The summed E-state index contributed by atoms with van der Waals surface area (Å²) in [6.07, 6.45) is 4.50. The second-order valence-electron chi connectivity index (χ2n) is 5.45. The molecule has 104 valence electrons. The van der Waals surface area contributed by atoms with Gasteiger partial charge in [-0.05, 0) is 37.5 Å². The van der Waals surface area contributed by atoms with E-state index in [1.54, 1.807) is 0 Å². The number of rotatable bonds is 5. The highest BCUT2D eigenvalue weighted by molar-refractivity contribution is 5.78. The van der Waals surface area contributed by atoms with Gasteiger partial charge in [0.25, 0.3) is 5.91 Å². The van der Waals surface area contributed by atoms with Crippen LogP contribution in [0.2, 0.25) is 0 Å². The second-order valence-corrected chi connectivity index (χ2v) is 5.45. The van der Waals surface area contributed by atoms with Gasteiger partial charge in [0.05, 0.1) is 0 Å². The molecule has 0 radical (unpaired) electrons. The standard InChI is InChI=1S/C15H22N2O2/c1-15(8-2-3-9-15)17-14(18)11-19-13-6-4-12(10-16)5-7-13/h4-7H,2-3,8-11,16H2,1H3,(H,17,18). The first-order chi connectivity index (χ1) is 9.11. The fraction of sp³-hybridized carbons (Fsp3) is 0.533. The minimum Gasteiger partial charge on any atom is -0.484 e. The largest absolute Gasteiger partial charge is 0.484 e. The minimum atomic E-state index is -0.0488. The highest BCUT2D eigenvalue weighted by Gasteiger charge is 2.29. The van der Waals surface area contributed by atoms with Crippen LogP contribution >= 0.6 is 0 Å². The van der Waals surface area contributed by atoms with Crippen molar-refractivity contribution in [3.05, 3.63) is 29.8 Å². The van der Waals surface area contributed by atoms with Gasteiger partial charge in [0.1, 0.15) is 5.75 Å². The van der Waals surface area contributed by atoms with Crippen molar-refractivity contribution in [2.45, 2.75) is 44.7 Å². The lowest BCUT2D eigenvalue weighted by Gasteiger charge is -2.25. The van der Waals surface area contributed by atoms with Crippen LogP contribution in [-0.2, 0) is 11.3 Å². The quantitative estimate of drug-likeness (QED) is 0.852. The summed E-state index contributed by atoms with van der Waals surface area (Å²) in [5.74, 6) is 0.649. The number of amides is 1. The maximum Gasteiger partial charge on any atom is 0.258 e. The van der Waals surface area contributed by atoms with Crippen LogP contribution in [-0.4, -0.2) is 18.1 Å². The van der Waals surface area contributed by atoms with Gasteiger partial charge in [-0.2, -0.15) is 0 Å². The number of nitrogens with two attached hydrogens (primary N) is 1. The lowest BCUT2D eigenvalue weighted by atomic mass is 10.0. The summed E-state index contributed by atoms with van der Waals surface area (Å²) in [4.78, 5) is 11.8. The monoisotopic (exact) mass is 262 g/mol. The molecular weight excluding hydrogens is 240 g/mol. The van der Waals surface area contributed by atoms with Crippen LogP contribution in [0, 0.1) is 0 Å². The zero-order valence-corrected chi connectivity index (χ0v) is 11.4. The number of hydrogen-bond acceptors (Lipinski definition) is 3. The van der Waals surface area contributed by atoms with Crippen LogP contribution in [0.5, 0.6) is 5.75 Å². The third-order valence-corrected chi connectivity index (χ3v) is 3.68. The average molecular weight is 262 g/mol. The number of benzene rings is 1. The third-order valence-electron chi connectivity index (χ3n) is 3.68. The number of carbonyl (C=O) groups is 1. The van der Waals surface area contributed by atoms with Gasteiger partial charge in [0, 0.05) is 12.1 Å². The Balaban J connectivity index is 1.79. The van der Waals surface area contributed by atoms with Crippen molar-refractivity contribution in [2.75, 3.05) is 6.61 Å². The van der Waals surface area contributed by atoms with Gasteiger partial charge in [0.2, 0.25) is 0 Å². The molecule has 0 atom stereocenters. The zero-order valence-electron chi connectivity index (χ0n) is 11.4. The van der Waals surface area contributed by atoms with Crippen molar-refractivity contribution in [1.82, 2.24) is 5.32 Å². The molecule has 19 heavy (non-hydrogen) atoms. The Hall–Kier alpha value is -1.55. The molecule has 0 spiro atoms. The smallest absolute Gasteiger partial charge is 0.258 e. The van der Waals surface area contributed by atoms with Crippen molar-refractivity contribution in [3.63, 3.8) is 0 Å². The van der Waals surface area contributed by atoms with E-state index in [0.717, 1.165) is 18.4 Å². The Kier molecular flexibility index (Phi) is 4.43. The van der Waals surface area contributed by atoms with E-state index in [4.69, 9.17) is 10.5 Å². The fourth-order valence-electron chi connectivity index (χ4n) is 2.52. The second kappa shape index (κ2) is 6.06. The summed E-state index contributed by atoms with van der Waals surface area (Å²) in [6.45, 7) is 2.69. The van der Waals surface area contributed by atoms with Crippen LogP contribution in [0.3, 0.4) is 0 Å². The molecule has 0 aliphatic heterocycles. The third kappa shape index (κ3) is 3.96. The molecule has 0 aromatic heterocycles. The molecule has 1 aromatic carbocycles. The highest BCUT2D eigenvalue weighted by Crippen LogP contribution is 2.28. The Bertz CT molecular complexity index is 422. The molecule has 1 fully saturated rings. The van der Waals surface area contributed by atoms with E-state index in [1.165, 1.54) is 12.8 Å². The molecule has 0 bridgehead atoms. The van der Waals surface area contributed by atoms with Crippen LogP contribution < -0.4 is 15.8 Å². The first-order valence-electron chi connectivity index (χ1n) is 6.84. The van der Waals surface area contributed by atoms with E-state index >= 15 is 0 Å².